The highest BCUT2D eigenvalue weighted by atomic mass is 35.5. The van der Waals surface area contributed by atoms with Gasteiger partial charge in [-0.1, -0.05) is 41.4 Å². The van der Waals surface area contributed by atoms with Gasteiger partial charge in [-0.15, -0.1) is 10.2 Å². The van der Waals surface area contributed by atoms with Gasteiger partial charge in [-0.05, 0) is 60.7 Å². The maximum absolute atomic E-state index is 12.9. The highest BCUT2D eigenvalue weighted by Crippen LogP contribution is 2.26. The van der Waals surface area contributed by atoms with Crippen molar-refractivity contribution in [3.05, 3.63) is 88.9 Å². The first-order valence-electron chi connectivity index (χ1n) is 8.49. The normalized spacial score (nSPS) is 11.4. The van der Waals surface area contributed by atoms with E-state index in [0.29, 0.717) is 32.8 Å². The molecule has 29 heavy (non-hydrogen) atoms. The molecular formula is C20H14Cl2N4O2S. The first-order valence-corrected chi connectivity index (χ1v) is 10.7. The highest BCUT2D eigenvalue weighted by Gasteiger charge is 2.21. The van der Waals surface area contributed by atoms with Crippen molar-refractivity contribution in [2.75, 3.05) is 4.83 Å². The molecule has 6 nitrogen and oxygen atoms in total. The van der Waals surface area contributed by atoms with E-state index in [-0.39, 0.29) is 4.90 Å². The lowest BCUT2D eigenvalue weighted by molar-refractivity contribution is 0.595. The minimum atomic E-state index is -3.88. The first kappa shape index (κ1) is 19.4. The van der Waals surface area contributed by atoms with Crippen LogP contribution in [0, 0.1) is 0 Å². The lowest BCUT2D eigenvalue weighted by atomic mass is 10.2. The smallest absolute Gasteiger partial charge is 0.213 e. The average molecular weight is 445 g/mol. The number of hydrogen-bond acceptors (Lipinski definition) is 4. The number of halogens is 2. The van der Waals surface area contributed by atoms with E-state index in [4.69, 9.17) is 23.2 Å². The van der Waals surface area contributed by atoms with Crippen LogP contribution in [-0.4, -0.2) is 23.3 Å². The maximum Gasteiger partial charge on any atom is 0.275 e. The second kappa shape index (κ2) is 7.87. The summed E-state index contributed by atoms with van der Waals surface area (Å²) in [5.74, 6) is 0.650. The van der Waals surface area contributed by atoms with Gasteiger partial charge in [0.1, 0.15) is 0 Å². The SMILES string of the molecule is O=S(=O)(Nn1c(-c2ccc(Cl)cc2)nnc1-c1ccc(Cl)cc1)c1ccccc1. The fraction of sp³-hybridized carbons (Fsp3) is 0. The lowest BCUT2D eigenvalue weighted by Crippen LogP contribution is -2.25. The number of sulfonamides is 1. The van der Waals surface area contributed by atoms with Crippen LogP contribution in [-0.2, 0) is 10.0 Å². The molecule has 0 aliphatic rings. The van der Waals surface area contributed by atoms with Crippen molar-refractivity contribution in [1.82, 2.24) is 14.9 Å². The molecule has 0 spiro atoms. The van der Waals surface area contributed by atoms with Gasteiger partial charge in [-0.3, -0.25) is 0 Å². The molecule has 0 atom stereocenters. The maximum atomic E-state index is 12.9. The van der Waals surface area contributed by atoms with Crippen LogP contribution >= 0.6 is 23.2 Å². The van der Waals surface area contributed by atoms with Gasteiger partial charge in [0.15, 0.2) is 11.6 Å². The van der Waals surface area contributed by atoms with Crippen molar-refractivity contribution in [3.8, 4) is 22.8 Å². The topological polar surface area (TPSA) is 76.9 Å². The summed E-state index contributed by atoms with van der Waals surface area (Å²) in [5.41, 5.74) is 1.30. The average Bonchev–Trinajstić information content (AvgIpc) is 3.12. The lowest BCUT2D eigenvalue weighted by Gasteiger charge is -2.14. The molecule has 1 aromatic heterocycles. The van der Waals surface area contributed by atoms with E-state index in [1.165, 1.54) is 16.8 Å². The minimum absolute atomic E-state index is 0.123. The fourth-order valence-electron chi connectivity index (χ4n) is 2.72. The third-order valence-electron chi connectivity index (χ3n) is 4.13. The number of nitrogens with zero attached hydrogens (tertiary/aromatic N) is 3. The van der Waals surface area contributed by atoms with Crippen molar-refractivity contribution in [1.29, 1.82) is 0 Å². The van der Waals surface area contributed by atoms with Gasteiger partial charge in [0, 0.05) is 21.2 Å². The van der Waals surface area contributed by atoms with Crippen molar-refractivity contribution in [2.24, 2.45) is 0 Å². The van der Waals surface area contributed by atoms with Crippen LogP contribution in [0.3, 0.4) is 0 Å². The highest BCUT2D eigenvalue weighted by molar-refractivity contribution is 7.92. The van der Waals surface area contributed by atoms with Gasteiger partial charge in [0.25, 0.3) is 10.0 Å². The fourth-order valence-corrected chi connectivity index (χ4v) is 4.00. The number of aromatic nitrogens is 3. The summed E-state index contributed by atoms with van der Waals surface area (Å²) in [7, 11) is -3.88. The molecule has 0 amide bonds. The summed E-state index contributed by atoms with van der Waals surface area (Å²) >= 11 is 11.9. The van der Waals surface area contributed by atoms with Gasteiger partial charge in [0.2, 0.25) is 0 Å². The molecule has 4 aromatic rings. The number of nitrogens with one attached hydrogen (secondary N) is 1. The molecule has 0 aliphatic heterocycles. The number of benzene rings is 3. The molecule has 0 saturated carbocycles. The Morgan fingerprint density at radius 3 is 1.59 bits per heavy atom. The standard InChI is InChI=1S/C20H14Cl2N4O2S/c21-16-10-6-14(7-11-16)19-23-24-20(15-8-12-17(22)13-9-15)26(19)25-29(27,28)18-4-2-1-3-5-18/h1-13,25H. The van der Waals surface area contributed by atoms with E-state index in [9.17, 15) is 8.42 Å². The third-order valence-corrected chi connectivity index (χ3v) is 5.95. The summed E-state index contributed by atoms with van der Waals surface area (Å²) in [5, 5.41) is 9.52. The second-order valence-electron chi connectivity index (χ2n) is 6.10. The molecule has 1 heterocycles. The molecule has 3 aromatic carbocycles. The van der Waals surface area contributed by atoms with Gasteiger partial charge in [0.05, 0.1) is 4.90 Å². The van der Waals surface area contributed by atoms with E-state index in [0.717, 1.165) is 0 Å². The predicted octanol–water partition coefficient (Wildman–Crippen LogP) is 4.85. The van der Waals surface area contributed by atoms with E-state index >= 15 is 0 Å². The molecule has 4 rings (SSSR count). The third kappa shape index (κ3) is 4.12. The Kier molecular flexibility index (Phi) is 5.27. The van der Waals surface area contributed by atoms with Crippen LogP contribution in [0.15, 0.2) is 83.8 Å². The molecule has 1 N–H and O–H groups in total. The van der Waals surface area contributed by atoms with Gasteiger partial charge >= 0.3 is 0 Å². The summed E-state index contributed by atoms with van der Waals surface area (Å²) in [6.07, 6.45) is 0. The van der Waals surface area contributed by atoms with Crippen molar-refractivity contribution < 1.29 is 8.42 Å². The Bertz CT molecular complexity index is 1180. The zero-order valence-corrected chi connectivity index (χ0v) is 17.2. The van der Waals surface area contributed by atoms with Crippen molar-refractivity contribution in [2.45, 2.75) is 4.90 Å². The van der Waals surface area contributed by atoms with E-state index < -0.39 is 10.0 Å². The van der Waals surface area contributed by atoms with Crippen molar-refractivity contribution in [3.63, 3.8) is 0 Å². The number of hydrogen-bond donors (Lipinski definition) is 1. The van der Waals surface area contributed by atoms with Crippen LogP contribution in [0.1, 0.15) is 0 Å². The van der Waals surface area contributed by atoms with Crippen LogP contribution in [0.25, 0.3) is 22.8 Å². The molecule has 146 valence electrons. The minimum Gasteiger partial charge on any atom is -0.213 e. The van der Waals surface area contributed by atoms with Gasteiger partial charge < -0.3 is 0 Å². The Hall–Kier alpha value is -2.87. The van der Waals surface area contributed by atoms with E-state index in [2.05, 4.69) is 15.0 Å². The Morgan fingerprint density at radius 2 is 1.14 bits per heavy atom. The van der Waals surface area contributed by atoms with Crippen molar-refractivity contribution >= 4 is 33.2 Å². The molecule has 0 fully saturated rings. The first-order chi connectivity index (χ1) is 13.9. The largest absolute Gasteiger partial charge is 0.275 e. The monoisotopic (exact) mass is 444 g/mol. The Morgan fingerprint density at radius 1 is 0.690 bits per heavy atom. The van der Waals surface area contributed by atoms with Crippen LogP contribution in [0.5, 0.6) is 0 Å². The number of rotatable bonds is 5. The quantitative estimate of drug-likeness (QED) is 0.477. The summed E-state index contributed by atoms with van der Waals surface area (Å²) in [6, 6.07) is 21.8. The summed E-state index contributed by atoms with van der Waals surface area (Å²) in [4.78, 5) is 2.70. The Labute approximate surface area is 177 Å². The van der Waals surface area contributed by atoms with Gasteiger partial charge in [-0.25, -0.2) is 9.51 Å². The molecule has 0 bridgehead atoms. The summed E-state index contributed by atoms with van der Waals surface area (Å²) < 4.78 is 27.2. The Balaban J connectivity index is 1.85. The predicted molar refractivity (Wildman–Crippen MR) is 114 cm³/mol. The summed E-state index contributed by atoms with van der Waals surface area (Å²) in [6.45, 7) is 0. The molecule has 9 heteroatoms. The molecule has 0 unspecified atom stereocenters. The molecular weight excluding hydrogens is 431 g/mol. The van der Waals surface area contributed by atoms with Gasteiger partial charge in [-0.2, -0.15) is 8.42 Å². The van der Waals surface area contributed by atoms with Crippen LogP contribution < -0.4 is 4.83 Å². The zero-order chi connectivity index (χ0) is 20.4. The van der Waals surface area contributed by atoms with E-state index in [1.54, 1.807) is 66.7 Å². The molecule has 0 radical (unpaired) electrons. The van der Waals surface area contributed by atoms with Crippen LogP contribution in [0.4, 0.5) is 0 Å². The van der Waals surface area contributed by atoms with E-state index in [1.807, 2.05) is 0 Å². The molecule has 0 aliphatic carbocycles. The van der Waals surface area contributed by atoms with Crippen LogP contribution in [0.2, 0.25) is 10.0 Å². The zero-order valence-electron chi connectivity index (χ0n) is 14.8. The molecule has 0 saturated heterocycles. The second-order valence-corrected chi connectivity index (χ2v) is 8.64.